The van der Waals surface area contributed by atoms with E-state index in [1.54, 1.807) is 0 Å². The van der Waals surface area contributed by atoms with Crippen LogP contribution in [0.2, 0.25) is 0 Å². The van der Waals surface area contributed by atoms with E-state index in [0.717, 1.165) is 6.42 Å². The zero-order valence-corrected chi connectivity index (χ0v) is 17.9. The summed E-state index contributed by atoms with van der Waals surface area (Å²) in [5.74, 6) is -7.42. The van der Waals surface area contributed by atoms with Crippen LogP contribution in [0, 0.1) is 11.8 Å². The van der Waals surface area contributed by atoms with Crippen molar-refractivity contribution in [3.8, 4) is 0 Å². The molecule has 1 aliphatic heterocycles. The molecule has 2 atom stereocenters. The van der Waals surface area contributed by atoms with Gasteiger partial charge in [-0.15, -0.1) is 4.13 Å². The molecule has 8 nitrogen and oxygen atoms in total. The molecule has 0 aromatic carbocycles. The molecule has 2 unspecified atom stereocenters. The summed E-state index contributed by atoms with van der Waals surface area (Å²) in [7, 11) is -18.5. The Morgan fingerprint density at radius 1 is 0.800 bits per heavy atom. The molecule has 17 heteroatoms. The minimum atomic E-state index is -6.99. The van der Waals surface area contributed by atoms with Gasteiger partial charge in [0.25, 0.3) is 20.0 Å². The van der Waals surface area contributed by atoms with Gasteiger partial charge in [0.2, 0.25) is 10.0 Å². The first-order chi connectivity index (χ1) is 13.3. The van der Waals surface area contributed by atoms with Crippen LogP contribution in [0.25, 0.3) is 0 Å². The highest BCUT2D eigenvalue weighted by molar-refractivity contribution is 8.05. The van der Waals surface area contributed by atoms with Crippen molar-refractivity contribution < 1.29 is 51.6 Å². The average molecular weight is 511 g/mol. The number of fused-ring (bicyclic) bond motifs is 1. The molecule has 178 valence electrons. The molecular weight excluding hydrogens is 490 g/mol. The Bertz CT molecular complexity index is 983. The summed E-state index contributed by atoms with van der Waals surface area (Å²) in [6.45, 7) is -1.20. The van der Waals surface area contributed by atoms with Gasteiger partial charge in [0.15, 0.2) is 0 Å². The SMILES string of the molecule is CS(=O)(=O)NS(=O)(=O)C(F)(F)C(F)(F)C(F)(F)S(=O)(=O)N1CCC2CCCCC2C1. The van der Waals surface area contributed by atoms with Crippen LogP contribution < -0.4 is 4.13 Å². The molecule has 2 fully saturated rings. The van der Waals surface area contributed by atoms with Crippen molar-refractivity contribution in [2.24, 2.45) is 11.8 Å². The summed E-state index contributed by atoms with van der Waals surface area (Å²) in [6.07, 6.45) is 2.70. The number of alkyl halides is 6. The number of sulfonamides is 3. The summed E-state index contributed by atoms with van der Waals surface area (Å²) < 4.78 is 154. The third-order valence-corrected chi connectivity index (χ3v) is 10.2. The summed E-state index contributed by atoms with van der Waals surface area (Å²) in [6, 6.07) is 0. The maximum Gasteiger partial charge on any atom is 0.429 e. The molecule has 0 spiro atoms. The Balaban J connectivity index is 2.41. The number of piperidine rings is 1. The first-order valence-electron chi connectivity index (χ1n) is 8.64. The van der Waals surface area contributed by atoms with Crippen LogP contribution >= 0.6 is 0 Å². The molecule has 0 aromatic rings. The molecule has 0 bridgehead atoms. The Labute approximate surface area is 170 Å². The van der Waals surface area contributed by atoms with E-state index in [0.29, 0.717) is 19.3 Å². The lowest BCUT2D eigenvalue weighted by Crippen LogP contribution is -2.65. The number of hydrogen-bond donors (Lipinski definition) is 1. The fourth-order valence-corrected chi connectivity index (χ4v) is 7.75. The largest absolute Gasteiger partial charge is 0.429 e. The van der Waals surface area contributed by atoms with E-state index in [4.69, 9.17) is 0 Å². The van der Waals surface area contributed by atoms with Crippen molar-refractivity contribution in [1.82, 2.24) is 8.43 Å². The minimum absolute atomic E-state index is 0.00197. The Morgan fingerprint density at radius 2 is 1.30 bits per heavy atom. The van der Waals surface area contributed by atoms with Gasteiger partial charge in [0, 0.05) is 13.1 Å². The first kappa shape index (κ1) is 25.6. The van der Waals surface area contributed by atoms with Crippen molar-refractivity contribution in [3.63, 3.8) is 0 Å². The molecule has 0 amide bonds. The lowest BCUT2D eigenvalue weighted by molar-refractivity contribution is -0.245. The van der Waals surface area contributed by atoms with E-state index >= 15 is 0 Å². The molecule has 1 heterocycles. The third-order valence-electron chi connectivity index (χ3n) is 5.25. The molecule has 2 aliphatic rings. The second kappa shape index (κ2) is 7.74. The molecular formula is C13H20F6N2O6S3. The topological polar surface area (TPSA) is 118 Å². The fourth-order valence-electron chi connectivity index (χ4n) is 3.70. The van der Waals surface area contributed by atoms with Gasteiger partial charge in [0.1, 0.15) is 0 Å². The summed E-state index contributed by atoms with van der Waals surface area (Å²) in [5.41, 5.74) is 0. The van der Waals surface area contributed by atoms with Gasteiger partial charge in [-0.3, -0.25) is 0 Å². The zero-order chi connectivity index (χ0) is 23.4. The van der Waals surface area contributed by atoms with E-state index in [-0.39, 0.29) is 27.0 Å². The quantitative estimate of drug-likeness (QED) is 0.519. The normalized spacial score (nSPS) is 25.7. The van der Waals surface area contributed by atoms with Crippen molar-refractivity contribution in [3.05, 3.63) is 0 Å². The van der Waals surface area contributed by atoms with E-state index in [9.17, 15) is 51.6 Å². The van der Waals surface area contributed by atoms with Gasteiger partial charge >= 0.3 is 16.4 Å². The van der Waals surface area contributed by atoms with E-state index < -0.39 is 65.5 Å². The molecule has 1 saturated carbocycles. The average Bonchev–Trinajstić information content (AvgIpc) is 2.58. The van der Waals surface area contributed by atoms with E-state index in [1.807, 2.05) is 0 Å². The Morgan fingerprint density at radius 3 is 1.80 bits per heavy atom. The van der Waals surface area contributed by atoms with Gasteiger partial charge in [0.05, 0.1) is 6.26 Å². The number of rotatable bonds is 7. The number of nitrogens with one attached hydrogen (secondary N) is 1. The highest BCUT2D eigenvalue weighted by Gasteiger charge is 2.82. The van der Waals surface area contributed by atoms with Crippen LogP contribution in [0.15, 0.2) is 0 Å². The number of halogens is 6. The summed E-state index contributed by atoms with van der Waals surface area (Å²) in [5, 5.41) is -13.3. The van der Waals surface area contributed by atoms with Crippen LogP contribution in [0.5, 0.6) is 0 Å². The predicted molar refractivity (Wildman–Crippen MR) is 92.3 cm³/mol. The molecule has 0 radical (unpaired) electrons. The predicted octanol–water partition coefficient (Wildman–Crippen LogP) is 1.53. The van der Waals surface area contributed by atoms with Crippen molar-refractivity contribution in [2.45, 2.75) is 48.5 Å². The summed E-state index contributed by atoms with van der Waals surface area (Å²) in [4.78, 5) is 0. The first-order valence-corrected chi connectivity index (χ1v) is 13.5. The molecule has 1 aliphatic carbocycles. The maximum absolute atomic E-state index is 14.3. The Hall–Kier alpha value is -0.650. The van der Waals surface area contributed by atoms with Crippen molar-refractivity contribution in [2.75, 3.05) is 19.3 Å². The number of nitrogens with zero attached hydrogens (tertiary/aromatic N) is 1. The van der Waals surface area contributed by atoms with Gasteiger partial charge in [-0.05, 0) is 24.7 Å². The van der Waals surface area contributed by atoms with Crippen molar-refractivity contribution >= 4 is 30.1 Å². The molecule has 30 heavy (non-hydrogen) atoms. The fraction of sp³-hybridized carbons (Fsp3) is 1.00. The smallest absolute Gasteiger partial charge is 0.212 e. The van der Waals surface area contributed by atoms with E-state index in [2.05, 4.69) is 0 Å². The Kier molecular flexibility index (Phi) is 6.61. The van der Waals surface area contributed by atoms with Gasteiger partial charge in [-0.25, -0.2) is 25.3 Å². The monoisotopic (exact) mass is 510 g/mol. The molecule has 2 rings (SSSR count). The van der Waals surface area contributed by atoms with Crippen LogP contribution in [-0.2, 0) is 30.1 Å². The molecule has 1 saturated heterocycles. The van der Waals surface area contributed by atoms with Crippen LogP contribution in [0.3, 0.4) is 0 Å². The molecule has 0 aromatic heterocycles. The van der Waals surface area contributed by atoms with Crippen LogP contribution in [-0.4, -0.2) is 65.3 Å². The van der Waals surface area contributed by atoms with Gasteiger partial charge in [-0.2, -0.15) is 30.6 Å². The molecule has 1 N–H and O–H groups in total. The highest BCUT2D eigenvalue weighted by atomic mass is 32.3. The lowest BCUT2D eigenvalue weighted by Gasteiger charge is -2.42. The summed E-state index contributed by atoms with van der Waals surface area (Å²) >= 11 is 0. The van der Waals surface area contributed by atoms with Crippen molar-refractivity contribution in [1.29, 1.82) is 0 Å². The minimum Gasteiger partial charge on any atom is -0.212 e. The van der Waals surface area contributed by atoms with Crippen LogP contribution in [0.1, 0.15) is 32.1 Å². The maximum atomic E-state index is 14.3. The second-order valence-electron chi connectivity index (χ2n) is 7.42. The second-order valence-corrected chi connectivity index (χ2v) is 13.1. The lowest BCUT2D eigenvalue weighted by atomic mass is 9.76. The number of hydrogen-bond acceptors (Lipinski definition) is 6. The van der Waals surface area contributed by atoms with Crippen LogP contribution in [0.4, 0.5) is 26.3 Å². The zero-order valence-electron chi connectivity index (χ0n) is 15.5. The van der Waals surface area contributed by atoms with E-state index in [1.165, 1.54) is 0 Å². The van der Waals surface area contributed by atoms with Gasteiger partial charge < -0.3 is 0 Å². The third kappa shape index (κ3) is 4.19. The standard InChI is InChI=1S/C13H20F6N2O6S3/c1-28(22,23)20-29(24,25)12(16,17)11(14,15)13(18,19)30(26,27)21-7-6-9-4-2-3-5-10(9)8-21/h9-10,20H,2-8H2,1H3. The highest BCUT2D eigenvalue weighted by Crippen LogP contribution is 2.52. The van der Waals surface area contributed by atoms with Gasteiger partial charge in [-0.1, -0.05) is 19.3 Å².